The molecule has 34 heavy (non-hydrogen) atoms. The number of imide groups is 1. The van der Waals surface area contributed by atoms with Crippen molar-refractivity contribution in [2.24, 2.45) is 5.92 Å². The Hall–Kier alpha value is -2.36. The standard InChI is InChI=1S/C25H30BrN3O4S/c1-16(2)11-18-12-20(28-33)8-7-17(18)14-25(24(32)27-3,29-22(30)9-10-23(29)31)15-34-21-6-4-5-19(26)13-21/h4-8,12-13,16,28,33H,9-11,14-15H2,1-3H3,(H,27,32)/t25-/m1/s1. The fourth-order valence-corrected chi connectivity index (χ4v) is 6.00. The highest BCUT2D eigenvalue weighted by molar-refractivity contribution is 9.10. The van der Waals surface area contributed by atoms with Crippen molar-refractivity contribution in [3.8, 4) is 0 Å². The van der Waals surface area contributed by atoms with Gasteiger partial charge in [-0.25, -0.2) is 0 Å². The fraction of sp³-hybridized carbons (Fsp3) is 0.400. The van der Waals surface area contributed by atoms with Crippen LogP contribution in [0.1, 0.15) is 37.8 Å². The molecule has 1 saturated heterocycles. The number of benzene rings is 2. The van der Waals surface area contributed by atoms with Gasteiger partial charge >= 0.3 is 0 Å². The van der Waals surface area contributed by atoms with E-state index in [-0.39, 0.29) is 42.7 Å². The van der Waals surface area contributed by atoms with E-state index < -0.39 is 5.54 Å². The summed E-state index contributed by atoms with van der Waals surface area (Å²) in [6, 6.07) is 13.1. The molecule has 0 spiro atoms. The first-order valence-corrected chi connectivity index (χ1v) is 13.0. The summed E-state index contributed by atoms with van der Waals surface area (Å²) >= 11 is 4.91. The van der Waals surface area contributed by atoms with Gasteiger partial charge in [0.15, 0.2) is 0 Å². The van der Waals surface area contributed by atoms with Gasteiger partial charge in [-0.15, -0.1) is 11.8 Å². The number of halogens is 1. The van der Waals surface area contributed by atoms with Gasteiger partial charge in [0.05, 0.1) is 5.69 Å². The minimum atomic E-state index is -1.40. The minimum absolute atomic E-state index is 0.103. The Bertz CT molecular complexity index is 1060. The Morgan fingerprint density at radius 1 is 1.15 bits per heavy atom. The van der Waals surface area contributed by atoms with Crippen molar-refractivity contribution in [2.75, 3.05) is 18.3 Å². The molecule has 2 aromatic rings. The summed E-state index contributed by atoms with van der Waals surface area (Å²) in [6.07, 6.45) is 1.10. The van der Waals surface area contributed by atoms with Crippen LogP contribution in [0.2, 0.25) is 0 Å². The van der Waals surface area contributed by atoms with Crippen molar-refractivity contribution in [1.82, 2.24) is 10.2 Å². The highest BCUT2D eigenvalue weighted by atomic mass is 79.9. The summed E-state index contributed by atoms with van der Waals surface area (Å²) in [5, 5.41) is 12.1. The third kappa shape index (κ3) is 5.82. The molecule has 0 aromatic heterocycles. The number of anilines is 1. The molecule has 1 aliphatic heterocycles. The Kier molecular flexibility index (Phi) is 8.78. The maximum Gasteiger partial charge on any atom is 0.247 e. The zero-order valence-electron chi connectivity index (χ0n) is 19.6. The van der Waals surface area contributed by atoms with Crippen LogP contribution in [0.15, 0.2) is 51.8 Å². The molecule has 3 amide bonds. The Morgan fingerprint density at radius 2 is 1.85 bits per heavy atom. The van der Waals surface area contributed by atoms with Crippen LogP contribution in [0.25, 0.3) is 0 Å². The minimum Gasteiger partial charge on any atom is -0.357 e. The molecule has 3 N–H and O–H groups in total. The summed E-state index contributed by atoms with van der Waals surface area (Å²) in [5.41, 5.74) is 3.14. The van der Waals surface area contributed by atoms with Gasteiger partial charge in [-0.3, -0.25) is 30.0 Å². The molecule has 9 heteroatoms. The van der Waals surface area contributed by atoms with E-state index >= 15 is 0 Å². The van der Waals surface area contributed by atoms with Gasteiger partial charge in [-0.05, 0) is 53.8 Å². The average Bonchev–Trinajstić information content (AvgIpc) is 3.15. The molecule has 1 heterocycles. The SMILES string of the molecule is CNC(=O)[C@](CSc1cccc(Br)c1)(Cc1ccc(NO)cc1CC(C)C)N1C(=O)CCC1=O. The number of thioether (sulfide) groups is 1. The zero-order chi connectivity index (χ0) is 24.9. The van der Waals surface area contributed by atoms with Crippen LogP contribution >= 0.6 is 27.7 Å². The molecule has 1 atom stereocenters. The van der Waals surface area contributed by atoms with Crippen LogP contribution < -0.4 is 10.8 Å². The molecule has 7 nitrogen and oxygen atoms in total. The molecule has 0 unspecified atom stereocenters. The summed E-state index contributed by atoms with van der Waals surface area (Å²) in [5.74, 6) is -0.501. The second kappa shape index (κ2) is 11.4. The first kappa shape index (κ1) is 26.2. The monoisotopic (exact) mass is 547 g/mol. The van der Waals surface area contributed by atoms with Crippen molar-refractivity contribution < 1.29 is 19.6 Å². The van der Waals surface area contributed by atoms with E-state index in [2.05, 4.69) is 40.6 Å². The van der Waals surface area contributed by atoms with E-state index in [1.54, 1.807) is 6.07 Å². The topological polar surface area (TPSA) is 98.7 Å². The van der Waals surface area contributed by atoms with Gasteiger partial charge in [0.1, 0.15) is 5.54 Å². The van der Waals surface area contributed by atoms with Crippen molar-refractivity contribution in [2.45, 2.75) is 50.0 Å². The molecule has 1 aliphatic rings. The number of hydrogen-bond acceptors (Lipinski definition) is 6. The number of rotatable bonds is 10. The number of amides is 3. The largest absolute Gasteiger partial charge is 0.357 e. The maximum atomic E-state index is 13.5. The Morgan fingerprint density at radius 3 is 2.44 bits per heavy atom. The molecule has 182 valence electrons. The third-order valence-corrected chi connectivity index (χ3v) is 7.55. The molecule has 0 bridgehead atoms. The molecule has 3 rings (SSSR count). The normalized spacial score (nSPS) is 15.5. The second-order valence-corrected chi connectivity index (χ2v) is 10.8. The molecule has 0 radical (unpaired) electrons. The van der Waals surface area contributed by atoms with Crippen molar-refractivity contribution in [3.63, 3.8) is 0 Å². The molecule has 0 saturated carbocycles. The van der Waals surface area contributed by atoms with Gasteiger partial charge in [0.25, 0.3) is 0 Å². The van der Waals surface area contributed by atoms with Crippen LogP contribution in [0.3, 0.4) is 0 Å². The van der Waals surface area contributed by atoms with Crippen LogP contribution in [-0.4, -0.2) is 46.2 Å². The van der Waals surface area contributed by atoms with Crippen molar-refractivity contribution in [3.05, 3.63) is 58.1 Å². The number of carbonyl (C=O) groups excluding carboxylic acids is 3. The van der Waals surface area contributed by atoms with Gasteiger partial charge in [-0.1, -0.05) is 41.9 Å². The van der Waals surface area contributed by atoms with Crippen molar-refractivity contribution in [1.29, 1.82) is 0 Å². The van der Waals surface area contributed by atoms with Crippen LogP contribution in [0.5, 0.6) is 0 Å². The first-order chi connectivity index (χ1) is 16.2. The van der Waals surface area contributed by atoms with Gasteiger partial charge in [0, 0.05) is 41.4 Å². The number of hydrogen-bond donors (Lipinski definition) is 3. The number of likely N-dealkylation sites (N-methyl/N-ethyl adjacent to an activating group) is 1. The van der Waals surface area contributed by atoms with Gasteiger partial charge in [-0.2, -0.15) is 0 Å². The lowest BCUT2D eigenvalue weighted by atomic mass is 9.85. The summed E-state index contributed by atoms with van der Waals surface area (Å²) in [6.45, 7) is 4.18. The molecular weight excluding hydrogens is 518 g/mol. The van der Waals surface area contributed by atoms with E-state index in [4.69, 9.17) is 0 Å². The summed E-state index contributed by atoms with van der Waals surface area (Å²) in [4.78, 5) is 41.5. The van der Waals surface area contributed by atoms with E-state index in [9.17, 15) is 19.6 Å². The Balaban J connectivity index is 2.11. The first-order valence-electron chi connectivity index (χ1n) is 11.2. The quantitative estimate of drug-likeness (QED) is 0.231. The van der Waals surface area contributed by atoms with E-state index in [0.717, 1.165) is 26.9 Å². The predicted octanol–water partition coefficient (Wildman–Crippen LogP) is 4.42. The molecule has 0 aliphatic carbocycles. The zero-order valence-corrected chi connectivity index (χ0v) is 22.0. The van der Waals surface area contributed by atoms with Gasteiger partial charge < -0.3 is 5.32 Å². The lowest BCUT2D eigenvalue weighted by Crippen LogP contribution is -2.63. The lowest BCUT2D eigenvalue weighted by molar-refractivity contribution is -0.152. The fourth-order valence-electron chi connectivity index (χ4n) is 4.30. The summed E-state index contributed by atoms with van der Waals surface area (Å²) in [7, 11) is 1.53. The number of carbonyl (C=O) groups is 3. The second-order valence-electron chi connectivity index (χ2n) is 8.85. The third-order valence-electron chi connectivity index (χ3n) is 5.85. The smallest absolute Gasteiger partial charge is 0.247 e. The predicted molar refractivity (Wildman–Crippen MR) is 137 cm³/mol. The maximum absolute atomic E-state index is 13.5. The number of likely N-dealkylation sites (tertiary alicyclic amines) is 1. The van der Waals surface area contributed by atoms with Crippen LogP contribution in [-0.2, 0) is 27.2 Å². The van der Waals surface area contributed by atoms with Crippen molar-refractivity contribution >= 4 is 51.1 Å². The highest BCUT2D eigenvalue weighted by Gasteiger charge is 2.51. The number of nitrogens with zero attached hydrogens (tertiary/aromatic N) is 1. The highest BCUT2D eigenvalue weighted by Crippen LogP contribution is 2.36. The molecular formula is C25H30BrN3O4S. The lowest BCUT2D eigenvalue weighted by Gasteiger charge is -2.39. The number of nitrogens with one attached hydrogen (secondary N) is 2. The Labute approximate surface area is 212 Å². The van der Waals surface area contributed by atoms with Gasteiger partial charge in [0.2, 0.25) is 17.7 Å². The molecule has 1 fully saturated rings. The van der Waals surface area contributed by atoms with E-state index in [0.29, 0.717) is 11.6 Å². The summed E-state index contributed by atoms with van der Waals surface area (Å²) < 4.78 is 0.905. The van der Waals surface area contributed by atoms with E-state index in [1.165, 1.54) is 23.7 Å². The average molecular weight is 549 g/mol. The molecule has 2 aromatic carbocycles. The van der Waals surface area contributed by atoms with Crippen LogP contribution in [0.4, 0.5) is 5.69 Å². The van der Waals surface area contributed by atoms with Crippen LogP contribution in [0, 0.1) is 5.92 Å². The van der Waals surface area contributed by atoms with E-state index in [1.807, 2.05) is 36.4 Å².